The zero-order chi connectivity index (χ0) is 92.7. The fourth-order valence-electron chi connectivity index (χ4n) is 5.35. The van der Waals surface area contributed by atoms with E-state index in [1.54, 1.807) is 18.1 Å². The number of ether oxygens (including phenoxy) is 6. The number of cyclic esters (lactones) is 2. The van der Waals surface area contributed by atoms with Gasteiger partial charge in [0.25, 0.3) is 5.24 Å². The zero-order valence-electron chi connectivity index (χ0n) is 84.4. The second-order valence-corrected chi connectivity index (χ2v) is 16.8. The molecule has 11 aliphatic heterocycles. The molecule has 0 aliphatic carbocycles. The molecule has 25 heteroatoms. The van der Waals surface area contributed by atoms with Crippen LogP contribution in [0.15, 0.2) is 15.0 Å². The van der Waals surface area contributed by atoms with Gasteiger partial charge in [0.15, 0.2) is 6.40 Å². The second kappa shape index (κ2) is 260. The summed E-state index contributed by atoms with van der Waals surface area (Å²) in [5, 5.41) is 28.9. The minimum atomic E-state index is -0.296. The zero-order valence-corrected chi connectivity index (χ0v) is 86.1. The van der Waals surface area contributed by atoms with Gasteiger partial charge >= 0.3 is 18.2 Å². The molecule has 11 rings (SSSR count). The first-order chi connectivity index (χ1) is 55.6. The van der Waals surface area contributed by atoms with Gasteiger partial charge in [-0.3, -0.25) is 19.8 Å². The number of amides is 5. The van der Waals surface area contributed by atoms with Crippen LogP contribution in [0.25, 0.3) is 0 Å². The van der Waals surface area contributed by atoms with Crippen LogP contribution in [-0.2, 0) is 28.4 Å². The summed E-state index contributed by atoms with van der Waals surface area (Å²) in [6.07, 6.45) is 12.4. The van der Waals surface area contributed by atoms with Crippen molar-refractivity contribution in [3.05, 3.63) is 0 Å². The molecule has 702 valence electrons. The number of morpholine rings is 1. The predicted molar refractivity (Wildman–Crippen MR) is 523 cm³/mol. The number of aliphatic imine (C=N–C) groups is 3. The lowest BCUT2D eigenvalue weighted by molar-refractivity contribution is -0.0334. The van der Waals surface area contributed by atoms with Crippen molar-refractivity contribution in [2.75, 3.05) is 182 Å². The van der Waals surface area contributed by atoms with E-state index < -0.39 is 0 Å². The van der Waals surface area contributed by atoms with E-state index in [-0.39, 0.29) is 23.5 Å². The molecular formula is C87H217N13O10S2. The van der Waals surface area contributed by atoms with Crippen molar-refractivity contribution >= 4 is 65.3 Å². The first-order valence-corrected chi connectivity index (χ1v) is 48.3. The summed E-state index contributed by atoms with van der Waals surface area (Å²) in [5.41, 5.74) is 1.93. The van der Waals surface area contributed by atoms with E-state index in [1.807, 2.05) is 310 Å². The lowest BCUT2D eigenvalue weighted by atomic mass is 10.2. The fraction of sp³-hybridized carbons (Fsp3) is 0.920. The van der Waals surface area contributed by atoms with Gasteiger partial charge in [-0.05, 0) is 51.6 Å². The Balaban J connectivity index is -0.0000000379. The normalized spacial score (nSPS) is 14.3. The molecule has 23 nitrogen and oxygen atoms in total. The van der Waals surface area contributed by atoms with Crippen molar-refractivity contribution in [1.82, 2.24) is 53.2 Å². The molecule has 0 bridgehead atoms. The summed E-state index contributed by atoms with van der Waals surface area (Å²) in [6.45, 7) is 112. The number of hydrogen-bond acceptors (Lipinski definition) is 20. The molecule has 0 saturated carbocycles. The molecular weight excluding hydrogens is 1450 g/mol. The maximum absolute atomic E-state index is 10.2. The van der Waals surface area contributed by atoms with Crippen molar-refractivity contribution in [2.45, 2.75) is 356 Å². The van der Waals surface area contributed by atoms with Gasteiger partial charge in [-0.1, -0.05) is 323 Å². The van der Waals surface area contributed by atoms with Gasteiger partial charge in [0.1, 0.15) is 6.61 Å². The number of nitrogens with zero attached hydrogens (tertiary/aromatic N) is 3. The van der Waals surface area contributed by atoms with Gasteiger partial charge in [-0.15, -0.1) is 11.8 Å². The average molecular weight is 1670 g/mol. The Morgan fingerprint density at radius 2 is 0.643 bits per heavy atom. The molecule has 0 aromatic carbocycles. The molecule has 11 heterocycles. The highest BCUT2D eigenvalue weighted by atomic mass is 32.2. The monoisotopic (exact) mass is 1670 g/mol. The van der Waals surface area contributed by atoms with Crippen LogP contribution in [0.5, 0.6) is 0 Å². The highest BCUT2D eigenvalue weighted by Gasteiger charge is 2.08. The lowest BCUT2D eigenvalue weighted by Crippen LogP contribution is -2.42. The minimum absolute atomic E-state index is 0.0359. The van der Waals surface area contributed by atoms with Crippen LogP contribution in [0.2, 0.25) is 0 Å². The number of carbonyl (C=O) groups is 4. The third-order valence-electron chi connectivity index (χ3n) is 8.90. The van der Waals surface area contributed by atoms with Crippen LogP contribution in [0, 0.1) is 0 Å². The summed E-state index contributed by atoms with van der Waals surface area (Å²) in [6, 6.07) is -0.0359. The van der Waals surface area contributed by atoms with Gasteiger partial charge in [-0.2, -0.15) is 0 Å². The number of urea groups is 1. The number of thioether (sulfide) groups is 2. The quantitative estimate of drug-likeness (QED) is 0.108. The third-order valence-corrected chi connectivity index (χ3v) is 10.5. The largest absolute Gasteiger partial charge is 0.483 e. The van der Waals surface area contributed by atoms with Crippen molar-refractivity contribution in [3.63, 3.8) is 0 Å². The molecule has 0 aromatic heterocycles. The molecule has 0 aromatic rings. The number of rotatable bonds is 0. The van der Waals surface area contributed by atoms with Crippen LogP contribution in [0.4, 0.5) is 19.2 Å². The smallest absolute Gasteiger partial charge is 0.407 e. The molecule has 0 radical (unpaired) electrons. The summed E-state index contributed by atoms with van der Waals surface area (Å²) >= 11 is 3.15. The molecule has 8 saturated heterocycles. The fourth-order valence-corrected chi connectivity index (χ4v) is 6.56. The van der Waals surface area contributed by atoms with Crippen molar-refractivity contribution < 1.29 is 47.6 Å². The molecule has 11 aliphatic rings. The summed E-state index contributed by atoms with van der Waals surface area (Å²) in [7, 11) is 0. The van der Waals surface area contributed by atoms with Gasteiger partial charge < -0.3 is 81.6 Å². The van der Waals surface area contributed by atoms with Crippen molar-refractivity contribution in [3.8, 4) is 0 Å². The van der Waals surface area contributed by atoms with Gasteiger partial charge in [0, 0.05) is 110 Å². The maximum atomic E-state index is 10.2. The van der Waals surface area contributed by atoms with Crippen molar-refractivity contribution in [1.29, 1.82) is 0 Å². The van der Waals surface area contributed by atoms with E-state index in [0.29, 0.717) is 19.8 Å². The molecule has 0 spiro atoms. The molecule has 112 heavy (non-hydrogen) atoms. The Hall–Kier alpha value is -3.69. The predicted octanol–water partition coefficient (Wildman–Crippen LogP) is 23.7. The Labute approximate surface area is 715 Å². The Bertz CT molecular complexity index is 1060. The van der Waals surface area contributed by atoms with Crippen LogP contribution >= 0.6 is 23.5 Å². The molecule has 10 N–H and O–H groups in total. The molecule has 8 fully saturated rings. The minimum Gasteiger partial charge on any atom is -0.483 e. The summed E-state index contributed by atoms with van der Waals surface area (Å²) < 4.78 is 28.6. The maximum Gasteiger partial charge on any atom is 0.407 e. The SMILES string of the molecule is C1=NCCCN1.C1=NCCCO1.C1=NCCCS1.C1CCNCC1.C1CNCCN1.C1COCCN1.C1COCCO1.CC.CC.CC.CC.CC.CC.CC.CC.CC.CC.CC.CC.CC.CC.CC.CC.CC.CC.CC.CC.CC.CC.O=C1NCCCN1.O=C1NCCCO1.O=C1NCCO1.O=C1NCCS1. The van der Waals surface area contributed by atoms with Crippen LogP contribution in [-0.4, -0.2) is 224 Å². The van der Waals surface area contributed by atoms with Crippen LogP contribution < -0.4 is 53.2 Å². The topological polar surface area (TPSA) is 281 Å². The van der Waals surface area contributed by atoms with E-state index in [0.717, 1.165) is 163 Å². The van der Waals surface area contributed by atoms with Crippen molar-refractivity contribution in [2.24, 2.45) is 15.0 Å². The molecule has 5 amide bonds. The number of piperazine rings is 1. The van der Waals surface area contributed by atoms with Gasteiger partial charge in [0.05, 0.1) is 71.3 Å². The van der Waals surface area contributed by atoms with Crippen LogP contribution in [0.3, 0.4) is 0 Å². The van der Waals surface area contributed by atoms with Gasteiger partial charge in [-0.25, -0.2) is 14.4 Å². The van der Waals surface area contributed by atoms with E-state index in [2.05, 4.69) is 77.6 Å². The Morgan fingerprint density at radius 1 is 0.277 bits per heavy atom. The lowest BCUT2D eigenvalue weighted by Gasteiger charge is -2.11. The second-order valence-electron chi connectivity index (χ2n) is 14.8. The molecule has 0 unspecified atom stereocenters. The standard InChI is InChI=1S/C5H11N.C4H8N2O.C4H10N2.C4H8N2.C4H7NO2.C4H9NO.C4H7NO.C4H7NS.C4H8O2.C3H5NO2.C3H5NOS.22C2H6/c1-2-4-6-5-3-1;7-4-5-2-1-3-6-4;1-2-6-4-3-5-1;1-2-5-4-6-3-1;6-4-5-2-1-3-7-4;1-3-6-4-2-5-1;2*1-2-5-4-6-3-1;1-2-6-4-3-5-1;2*5-3-4-1-2-6-3;22*1-2/h6H,1-5H2;1-3H2,(H2,5,6,7);5-6H,1-4H2;4H,1-3H2,(H,5,6);1-3H2,(H,5,6);5H,1-4H2;2*4H,1-3H2;1-4H2;2*1-2H2,(H,4,5);22*1-2H3. The number of carbonyl (C=O) groups excluding carboxylic acids is 4. The van der Waals surface area contributed by atoms with E-state index in [4.69, 9.17) is 18.9 Å². The van der Waals surface area contributed by atoms with E-state index in [9.17, 15) is 19.2 Å². The number of alkyl carbamates (subject to hydrolysis) is 2. The summed E-state index contributed by atoms with van der Waals surface area (Å²) in [4.78, 5) is 52.2. The Kier molecular flexibility index (Phi) is 389. The van der Waals surface area contributed by atoms with E-state index in [1.165, 1.54) is 69.1 Å². The third kappa shape index (κ3) is 253. The number of nitrogens with one attached hydrogen (secondary N) is 10. The Morgan fingerprint density at radius 3 is 0.759 bits per heavy atom. The summed E-state index contributed by atoms with van der Waals surface area (Å²) in [5.74, 6) is 2.21. The number of piperidine rings is 1. The molecule has 0 atom stereocenters. The van der Waals surface area contributed by atoms with Gasteiger partial charge in [0.2, 0.25) is 0 Å². The van der Waals surface area contributed by atoms with E-state index >= 15 is 0 Å². The highest BCUT2D eigenvalue weighted by Crippen LogP contribution is 2.05. The first kappa shape index (κ1) is 167. The first-order valence-electron chi connectivity index (χ1n) is 46.3. The average Bonchev–Trinajstić information content (AvgIpc) is 1.61. The highest BCUT2D eigenvalue weighted by molar-refractivity contribution is 8.13. The van der Waals surface area contributed by atoms with Crippen LogP contribution in [0.1, 0.15) is 356 Å². The number of hydrogen-bond donors (Lipinski definition) is 10.